The number of nitrogens with one attached hydrogen (secondary N) is 2. The molecule has 0 saturated carbocycles. The first-order valence-corrected chi connectivity index (χ1v) is 7.26. The first-order chi connectivity index (χ1) is 10.7. The number of anilines is 1. The number of rotatable bonds is 7. The van der Waals surface area contributed by atoms with Gasteiger partial charge in [0.2, 0.25) is 0 Å². The van der Waals surface area contributed by atoms with Gasteiger partial charge in [0, 0.05) is 24.2 Å². The maximum Gasteiger partial charge on any atom is 0.270 e. The molecule has 0 saturated heterocycles. The number of hydrogen-bond acceptors (Lipinski definition) is 4. The van der Waals surface area contributed by atoms with E-state index in [-0.39, 0.29) is 5.91 Å². The van der Waals surface area contributed by atoms with Crippen LogP contribution in [0.1, 0.15) is 16.1 Å². The second kappa shape index (κ2) is 8.14. The molecule has 2 N–H and O–H groups in total. The fourth-order valence-corrected chi connectivity index (χ4v) is 2.07. The minimum Gasteiger partial charge on any atom is -0.370 e. The molecular weight excluding hydrogens is 300 g/mol. The van der Waals surface area contributed by atoms with Gasteiger partial charge in [-0.25, -0.2) is 9.97 Å². The molecule has 114 valence electrons. The van der Waals surface area contributed by atoms with E-state index in [1.54, 1.807) is 12.1 Å². The van der Waals surface area contributed by atoms with Crippen molar-refractivity contribution in [2.24, 2.45) is 0 Å². The van der Waals surface area contributed by atoms with Crippen molar-refractivity contribution in [3.63, 3.8) is 0 Å². The molecule has 0 bridgehead atoms. The number of amides is 1. The van der Waals surface area contributed by atoms with E-state index in [4.69, 9.17) is 11.6 Å². The van der Waals surface area contributed by atoms with Crippen LogP contribution in [0.25, 0.3) is 0 Å². The molecule has 5 nitrogen and oxygen atoms in total. The van der Waals surface area contributed by atoms with Crippen LogP contribution in [0.4, 0.5) is 5.82 Å². The molecule has 1 amide bonds. The van der Waals surface area contributed by atoms with Crippen molar-refractivity contribution in [3.8, 4) is 0 Å². The predicted octanol–water partition coefficient (Wildman–Crippen LogP) is 2.70. The second-order valence-corrected chi connectivity index (χ2v) is 5.03. The minimum atomic E-state index is -0.250. The number of carbonyl (C=O) groups is 1. The molecule has 0 aliphatic rings. The Morgan fingerprint density at radius 1 is 1.32 bits per heavy atom. The fraction of sp³-hybridized carbons (Fsp3) is 0.188. The predicted molar refractivity (Wildman–Crippen MR) is 88.2 cm³/mol. The minimum absolute atomic E-state index is 0.250. The summed E-state index contributed by atoms with van der Waals surface area (Å²) < 4.78 is 0. The average Bonchev–Trinajstić information content (AvgIpc) is 2.53. The number of benzene rings is 1. The largest absolute Gasteiger partial charge is 0.370 e. The Morgan fingerprint density at radius 3 is 2.95 bits per heavy atom. The summed E-state index contributed by atoms with van der Waals surface area (Å²) in [6, 6.07) is 9.33. The average molecular weight is 317 g/mol. The van der Waals surface area contributed by atoms with Crippen molar-refractivity contribution in [2.75, 3.05) is 18.4 Å². The van der Waals surface area contributed by atoms with Crippen LogP contribution in [0.5, 0.6) is 0 Å². The van der Waals surface area contributed by atoms with Crippen LogP contribution in [0, 0.1) is 0 Å². The van der Waals surface area contributed by atoms with E-state index in [0.29, 0.717) is 24.6 Å². The molecule has 0 unspecified atom stereocenters. The molecule has 0 aliphatic heterocycles. The van der Waals surface area contributed by atoms with Crippen LogP contribution in [0.2, 0.25) is 5.02 Å². The van der Waals surface area contributed by atoms with Gasteiger partial charge in [0.15, 0.2) is 0 Å². The molecule has 22 heavy (non-hydrogen) atoms. The Bertz CT molecular complexity index is 660. The fourth-order valence-electron chi connectivity index (χ4n) is 1.86. The molecule has 2 rings (SSSR count). The molecular formula is C16H17ClN4O. The van der Waals surface area contributed by atoms with Crippen molar-refractivity contribution in [3.05, 3.63) is 65.6 Å². The van der Waals surface area contributed by atoms with Gasteiger partial charge in [-0.05, 0) is 24.1 Å². The summed E-state index contributed by atoms with van der Waals surface area (Å²) in [4.78, 5) is 19.9. The van der Waals surface area contributed by atoms with E-state index in [1.165, 1.54) is 6.33 Å². The molecule has 6 heteroatoms. The zero-order valence-electron chi connectivity index (χ0n) is 12.1. The van der Waals surface area contributed by atoms with Crippen molar-refractivity contribution in [1.29, 1.82) is 0 Å². The highest BCUT2D eigenvalue weighted by molar-refractivity contribution is 6.30. The number of nitrogens with zero attached hydrogens (tertiary/aromatic N) is 2. The quantitative estimate of drug-likeness (QED) is 0.771. The van der Waals surface area contributed by atoms with Crippen LogP contribution in [0.3, 0.4) is 0 Å². The third-order valence-corrected chi connectivity index (χ3v) is 3.15. The lowest BCUT2D eigenvalue weighted by Crippen LogP contribution is -2.24. The lowest BCUT2D eigenvalue weighted by Gasteiger charge is -2.07. The highest BCUT2D eigenvalue weighted by atomic mass is 35.5. The summed E-state index contributed by atoms with van der Waals surface area (Å²) in [5, 5.41) is 6.57. The highest BCUT2D eigenvalue weighted by Crippen LogP contribution is 2.11. The number of hydrogen-bond donors (Lipinski definition) is 2. The van der Waals surface area contributed by atoms with Crippen LogP contribution >= 0.6 is 11.6 Å². The molecule has 2 aromatic rings. The van der Waals surface area contributed by atoms with E-state index in [1.807, 2.05) is 24.3 Å². The summed E-state index contributed by atoms with van der Waals surface area (Å²) in [6.45, 7) is 4.64. The van der Waals surface area contributed by atoms with E-state index < -0.39 is 0 Å². The van der Waals surface area contributed by atoms with Gasteiger partial charge in [-0.2, -0.15) is 0 Å². The Balaban J connectivity index is 1.90. The monoisotopic (exact) mass is 316 g/mol. The Labute approximate surface area is 134 Å². The smallest absolute Gasteiger partial charge is 0.270 e. The second-order valence-electron chi connectivity index (χ2n) is 4.59. The lowest BCUT2D eigenvalue weighted by molar-refractivity contribution is 0.0953. The molecule has 1 aromatic heterocycles. The van der Waals surface area contributed by atoms with Gasteiger partial charge in [-0.15, -0.1) is 6.58 Å². The molecule has 1 aromatic carbocycles. The normalized spacial score (nSPS) is 10.0. The molecule has 0 atom stereocenters. The van der Waals surface area contributed by atoms with Gasteiger partial charge < -0.3 is 10.6 Å². The van der Waals surface area contributed by atoms with Crippen molar-refractivity contribution in [2.45, 2.75) is 6.42 Å². The highest BCUT2D eigenvalue weighted by Gasteiger charge is 2.07. The SMILES string of the molecule is C=CCNC(=O)c1cc(NCCc2cccc(Cl)c2)ncn1. The summed E-state index contributed by atoms with van der Waals surface area (Å²) >= 11 is 5.95. The number of halogens is 1. The lowest BCUT2D eigenvalue weighted by atomic mass is 10.1. The van der Waals surface area contributed by atoms with Crippen LogP contribution in [-0.4, -0.2) is 29.0 Å². The van der Waals surface area contributed by atoms with Gasteiger partial charge in [0.05, 0.1) is 0 Å². The van der Waals surface area contributed by atoms with Gasteiger partial charge >= 0.3 is 0 Å². The van der Waals surface area contributed by atoms with Gasteiger partial charge in [-0.1, -0.05) is 29.8 Å². The summed E-state index contributed by atoms with van der Waals surface area (Å²) in [5.74, 6) is 0.362. The summed E-state index contributed by atoms with van der Waals surface area (Å²) in [7, 11) is 0. The first kappa shape index (κ1) is 16.0. The Kier molecular flexibility index (Phi) is 5.91. The third kappa shape index (κ3) is 4.86. The van der Waals surface area contributed by atoms with Gasteiger partial charge in [-0.3, -0.25) is 4.79 Å². The van der Waals surface area contributed by atoms with Crippen LogP contribution in [0.15, 0.2) is 49.3 Å². The van der Waals surface area contributed by atoms with Crippen LogP contribution in [-0.2, 0) is 6.42 Å². The van der Waals surface area contributed by atoms with Gasteiger partial charge in [0.25, 0.3) is 5.91 Å². The third-order valence-electron chi connectivity index (χ3n) is 2.92. The summed E-state index contributed by atoms with van der Waals surface area (Å²) in [6.07, 6.45) is 3.79. The van der Waals surface area contributed by atoms with Crippen molar-refractivity contribution in [1.82, 2.24) is 15.3 Å². The standard InChI is InChI=1S/C16H17ClN4O/c1-2-7-19-16(22)14-10-15(21-11-20-14)18-8-6-12-4-3-5-13(17)9-12/h2-5,9-11H,1,6-8H2,(H,19,22)(H,18,20,21). The summed E-state index contributed by atoms with van der Waals surface area (Å²) in [5.41, 5.74) is 1.46. The maximum atomic E-state index is 11.8. The van der Waals surface area contributed by atoms with E-state index in [2.05, 4.69) is 27.2 Å². The maximum absolute atomic E-state index is 11.8. The zero-order chi connectivity index (χ0) is 15.8. The molecule has 0 fully saturated rings. The van der Waals surface area contributed by atoms with E-state index in [9.17, 15) is 4.79 Å². The molecule has 0 aliphatic carbocycles. The number of carbonyl (C=O) groups excluding carboxylic acids is 1. The molecule has 0 spiro atoms. The number of aromatic nitrogens is 2. The first-order valence-electron chi connectivity index (χ1n) is 6.88. The van der Waals surface area contributed by atoms with Crippen molar-refractivity contribution < 1.29 is 4.79 Å². The van der Waals surface area contributed by atoms with Gasteiger partial charge in [0.1, 0.15) is 17.8 Å². The zero-order valence-corrected chi connectivity index (χ0v) is 12.8. The topological polar surface area (TPSA) is 66.9 Å². The molecule has 1 heterocycles. The Morgan fingerprint density at radius 2 is 2.18 bits per heavy atom. The Hall–Kier alpha value is -2.40. The molecule has 0 radical (unpaired) electrons. The van der Waals surface area contributed by atoms with E-state index in [0.717, 1.165) is 17.0 Å². The van der Waals surface area contributed by atoms with Crippen molar-refractivity contribution >= 4 is 23.3 Å². The van der Waals surface area contributed by atoms with Crippen LogP contribution < -0.4 is 10.6 Å². The van der Waals surface area contributed by atoms with E-state index >= 15 is 0 Å².